The van der Waals surface area contributed by atoms with Gasteiger partial charge in [0.1, 0.15) is 5.69 Å². The van der Waals surface area contributed by atoms with Crippen LogP contribution in [0.1, 0.15) is 45.4 Å². The van der Waals surface area contributed by atoms with Crippen molar-refractivity contribution in [3.8, 4) is 0 Å². The molecule has 1 aromatic rings. The summed E-state index contributed by atoms with van der Waals surface area (Å²) in [4.78, 5) is 2.10. The first-order chi connectivity index (χ1) is 9.24. The zero-order valence-electron chi connectivity index (χ0n) is 12.8. The SMILES string of the molecule is CCCCCCCCOC[n+]1cccc(N(C)C)c1. The van der Waals surface area contributed by atoms with E-state index in [1.165, 1.54) is 44.2 Å². The van der Waals surface area contributed by atoms with Crippen LogP contribution in [0, 0.1) is 0 Å². The summed E-state index contributed by atoms with van der Waals surface area (Å²) in [6.07, 6.45) is 12.0. The highest BCUT2D eigenvalue weighted by Gasteiger charge is 2.03. The molecule has 0 saturated heterocycles. The third kappa shape index (κ3) is 7.16. The van der Waals surface area contributed by atoms with E-state index < -0.39 is 0 Å². The van der Waals surface area contributed by atoms with E-state index in [9.17, 15) is 0 Å². The summed E-state index contributed by atoms with van der Waals surface area (Å²) < 4.78 is 7.80. The van der Waals surface area contributed by atoms with E-state index in [-0.39, 0.29) is 0 Å². The van der Waals surface area contributed by atoms with Gasteiger partial charge in [-0.1, -0.05) is 39.0 Å². The van der Waals surface area contributed by atoms with Crippen molar-refractivity contribution in [2.75, 3.05) is 25.6 Å². The van der Waals surface area contributed by atoms with E-state index in [1.54, 1.807) is 0 Å². The molecule has 1 heterocycles. The minimum Gasteiger partial charge on any atom is -0.373 e. The van der Waals surface area contributed by atoms with Crippen molar-refractivity contribution in [3.63, 3.8) is 0 Å². The number of hydrogen-bond donors (Lipinski definition) is 0. The van der Waals surface area contributed by atoms with E-state index in [1.807, 2.05) is 6.20 Å². The summed E-state index contributed by atoms with van der Waals surface area (Å²) in [5, 5.41) is 0. The summed E-state index contributed by atoms with van der Waals surface area (Å²) in [5.74, 6) is 0. The summed E-state index contributed by atoms with van der Waals surface area (Å²) in [6, 6.07) is 4.16. The van der Waals surface area contributed by atoms with E-state index in [0.29, 0.717) is 6.73 Å². The number of anilines is 1. The number of hydrogen-bond acceptors (Lipinski definition) is 2. The van der Waals surface area contributed by atoms with Crippen molar-refractivity contribution >= 4 is 5.69 Å². The Labute approximate surface area is 118 Å². The maximum atomic E-state index is 5.71. The number of nitrogens with zero attached hydrogens (tertiary/aromatic N) is 2. The average molecular weight is 265 g/mol. The van der Waals surface area contributed by atoms with Gasteiger partial charge in [0, 0.05) is 20.2 Å². The van der Waals surface area contributed by atoms with Crippen LogP contribution >= 0.6 is 0 Å². The van der Waals surface area contributed by atoms with Crippen molar-refractivity contribution in [2.24, 2.45) is 0 Å². The first-order valence-electron chi connectivity index (χ1n) is 7.48. The van der Waals surface area contributed by atoms with Crippen molar-refractivity contribution in [1.82, 2.24) is 0 Å². The van der Waals surface area contributed by atoms with Crippen LogP contribution in [0.15, 0.2) is 24.5 Å². The zero-order valence-corrected chi connectivity index (χ0v) is 12.8. The van der Waals surface area contributed by atoms with Gasteiger partial charge in [-0.2, -0.15) is 4.57 Å². The Morgan fingerprint density at radius 1 is 1.11 bits per heavy atom. The van der Waals surface area contributed by atoms with Crippen molar-refractivity contribution in [1.29, 1.82) is 0 Å². The van der Waals surface area contributed by atoms with Gasteiger partial charge >= 0.3 is 0 Å². The molecule has 0 spiro atoms. The third-order valence-electron chi connectivity index (χ3n) is 3.24. The molecule has 19 heavy (non-hydrogen) atoms. The van der Waals surface area contributed by atoms with E-state index in [4.69, 9.17) is 4.74 Å². The summed E-state index contributed by atoms with van der Waals surface area (Å²) >= 11 is 0. The highest BCUT2D eigenvalue weighted by atomic mass is 16.5. The van der Waals surface area contributed by atoms with Gasteiger partial charge < -0.3 is 9.64 Å². The minimum atomic E-state index is 0.649. The fraction of sp³-hybridized carbons (Fsp3) is 0.688. The molecule has 108 valence electrons. The van der Waals surface area contributed by atoms with Crippen LogP contribution in [0.5, 0.6) is 0 Å². The number of pyridine rings is 1. The van der Waals surface area contributed by atoms with Crippen molar-refractivity contribution < 1.29 is 9.30 Å². The molecule has 0 aliphatic rings. The molecule has 1 aromatic heterocycles. The molecule has 0 aliphatic carbocycles. The number of unbranched alkanes of at least 4 members (excludes halogenated alkanes) is 5. The Morgan fingerprint density at radius 3 is 2.58 bits per heavy atom. The molecule has 0 N–H and O–H groups in total. The molecule has 0 radical (unpaired) electrons. The van der Waals surface area contributed by atoms with Crippen LogP contribution in [0.25, 0.3) is 0 Å². The standard InChI is InChI=1S/C16H29N2O/c1-4-5-6-7-8-9-13-19-15-18-12-10-11-16(14-18)17(2)3/h10-12,14H,4-9,13,15H2,1-3H3/q+1. The lowest BCUT2D eigenvalue weighted by molar-refractivity contribution is -0.732. The molecule has 0 aromatic carbocycles. The highest BCUT2D eigenvalue weighted by Crippen LogP contribution is 2.06. The first kappa shape index (κ1) is 16.0. The second kappa shape index (κ2) is 9.79. The maximum Gasteiger partial charge on any atom is 0.252 e. The molecule has 0 bridgehead atoms. The number of aromatic nitrogens is 1. The van der Waals surface area contributed by atoms with Crippen molar-refractivity contribution in [2.45, 2.75) is 52.2 Å². The molecule has 1 rings (SSSR count). The molecule has 0 atom stereocenters. The second-order valence-corrected chi connectivity index (χ2v) is 5.28. The largest absolute Gasteiger partial charge is 0.373 e. The van der Waals surface area contributed by atoms with Gasteiger partial charge in [-0.15, -0.1) is 0 Å². The summed E-state index contributed by atoms with van der Waals surface area (Å²) in [7, 11) is 4.10. The van der Waals surface area contributed by atoms with Crippen LogP contribution in [0.3, 0.4) is 0 Å². The van der Waals surface area contributed by atoms with Crippen LogP contribution in [0.4, 0.5) is 5.69 Å². The van der Waals surface area contributed by atoms with Gasteiger partial charge in [-0.3, -0.25) is 0 Å². The quantitative estimate of drug-likeness (QED) is 0.476. The van der Waals surface area contributed by atoms with Gasteiger partial charge in [0.15, 0.2) is 12.4 Å². The van der Waals surface area contributed by atoms with Gasteiger partial charge in [0.2, 0.25) is 0 Å². The molecule has 3 heteroatoms. The Balaban J connectivity index is 2.10. The molecular formula is C16H29N2O+. The van der Waals surface area contributed by atoms with Crippen LogP contribution < -0.4 is 9.47 Å². The minimum absolute atomic E-state index is 0.649. The smallest absolute Gasteiger partial charge is 0.252 e. The predicted molar refractivity (Wildman–Crippen MR) is 80.3 cm³/mol. The normalized spacial score (nSPS) is 10.7. The monoisotopic (exact) mass is 265 g/mol. The van der Waals surface area contributed by atoms with Gasteiger partial charge in [-0.05, 0) is 12.5 Å². The summed E-state index contributed by atoms with van der Waals surface area (Å²) in [5.41, 5.74) is 1.20. The molecule has 0 amide bonds. The lowest BCUT2D eigenvalue weighted by Gasteiger charge is -2.10. The van der Waals surface area contributed by atoms with E-state index >= 15 is 0 Å². The molecule has 0 aliphatic heterocycles. The van der Waals surface area contributed by atoms with Crippen LogP contribution in [0.2, 0.25) is 0 Å². The highest BCUT2D eigenvalue weighted by molar-refractivity contribution is 5.39. The molecule has 0 fully saturated rings. The Kier molecular flexibility index (Phi) is 8.23. The third-order valence-corrected chi connectivity index (χ3v) is 3.24. The van der Waals surface area contributed by atoms with Gasteiger partial charge in [-0.25, -0.2) is 0 Å². The van der Waals surface area contributed by atoms with Gasteiger partial charge in [0.05, 0.1) is 6.61 Å². The summed E-state index contributed by atoms with van der Waals surface area (Å²) in [6.45, 7) is 3.77. The van der Waals surface area contributed by atoms with Crippen LogP contribution in [-0.2, 0) is 11.5 Å². The fourth-order valence-electron chi connectivity index (χ4n) is 2.01. The van der Waals surface area contributed by atoms with Gasteiger partial charge in [0.25, 0.3) is 6.73 Å². The second-order valence-electron chi connectivity index (χ2n) is 5.28. The molecule has 0 saturated carbocycles. The molecule has 0 unspecified atom stereocenters. The Morgan fingerprint density at radius 2 is 1.84 bits per heavy atom. The lowest BCUT2D eigenvalue weighted by Crippen LogP contribution is -2.35. The van der Waals surface area contributed by atoms with E-state index in [2.05, 4.69) is 48.8 Å². The average Bonchev–Trinajstić information content (AvgIpc) is 2.42. The predicted octanol–water partition coefficient (Wildman–Crippen LogP) is 3.37. The van der Waals surface area contributed by atoms with Crippen LogP contribution in [-0.4, -0.2) is 20.7 Å². The Hall–Kier alpha value is -1.09. The number of ether oxygens (including phenoxy) is 1. The maximum absolute atomic E-state index is 5.71. The lowest BCUT2D eigenvalue weighted by atomic mass is 10.1. The first-order valence-corrected chi connectivity index (χ1v) is 7.48. The zero-order chi connectivity index (χ0) is 13.9. The fourth-order valence-corrected chi connectivity index (χ4v) is 2.01. The van der Waals surface area contributed by atoms with Crippen molar-refractivity contribution in [3.05, 3.63) is 24.5 Å². The number of rotatable bonds is 10. The topological polar surface area (TPSA) is 16.4 Å². The molecular weight excluding hydrogens is 236 g/mol. The molecule has 3 nitrogen and oxygen atoms in total. The Bertz CT molecular complexity index is 339. The van der Waals surface area contributed by atoms with E-state index in [0.717, 1.165) is 6.61 Å².